The number of aromatic nitrogens is 3. The number of hydrogen-bond donors (Lipinski definition) is 0. The van der Waals surface area contributed by atoms with E-state index in [-0.39, 0.29) is 6.61 Å². The highest BCUT2D eigenvalue weighted by molar-refractivity contribution is 6.30. The second-order valence-corrected chi connectivity index (χ2v) is 6.57. The Morgan fingerprint density at radius 3 is 2.77 bits per heavy atom. The average Bonchev–Trinajstić information content (AvgIpc) is 3.02. The SMILES string of the molecule is Cc1nc2ccccc2c(C)c1C(=O)OCc1cn2cc(Cl)ccc2n1. The molecule has 0 aliphatic carbocycles. The molecule has 0 N–H and O–H groups in total. The van der Waals surface area contributed by atoms with Gasteiger partial charge in [0, 0.05) is 17.8 Å². The molecule has 0 unspecified atom stereocenters. The molecule has 0 amide bonds. The number of esters is 1. The molecule has 0 fully saturated rings. The summed E-state index contributed by atoms with van der Waals surface area (Å²) in [5.74, 6) is -0.395. The van der Waals surface area contributed by atoms with Gasteiger partial charge in [0.05, 0.1) is 27.5 Å². The minimum absolute atomic E-state index is 0.0871. The Morgan fingerprint density at radius 2 is 1.92 bits per heavy atom. The standard InChI is InChI=1S/C20H16ClN3O2/c1-12-16-5-3-4-6-17(16)22-13(2)19(12)20(25)26-11-15-10-24-9-14(21)7-8-18(24)23-15/h3-10H,11H2,1-2H3. The lowest BCUT2D eigenvalue weighted by Crippen LogP contribution is -2.11. The molecule has 0 aliphatic heterocycles. The third-order valence-electron chi connectivity index (χ3n) is 4.35. The highest BCUT2D eigenvalue weighted by Crippen LogP contribution is 2.23. The monoisotopic (exact) mass is 365 g/mol. The summed E-state index contributed by atoms with van der Waals surface area (Å²) < 4.78 is 7.30. The molecular formula is C20H16ClN3O2. The molecule has 1 aromatic carbocycles. The number of fused-ring (bicyclic) bond motifs is 2. The van der Waals surface area contributed by atoms with Gasteiger partial charge in [-0.2, -0.15) is 0 Å². The van der Waals surface area contributed by atoms with E-state index < -0.39 is 5.97 Å². The topological polar surface area (TPSA) is 56.5 Å². The number of carbonyl (C=O) groups excluding carboxylic acids is 1. The first-order valence-electron chi connectivity index (χ1n) is 8.19. The molecule has 0 saturated carbocycles. The number of pyridine rings is 2. The molecule has 3 aromatic heterocycles. The highest BCUT2D eigenvalue weighted by atomic mass is 35.5. The van der Waals surface area contributed by atoms with Crippen LogP contribution in [-0.2, 0) is 11.3 Å². The van der Waals surface area contributed by atoms with Crippen LogP contribution in [0.3, 0.4) is 0 Å². The molecule has 26 heavy (non-hydrogen) atoms. The Morgan fingerprint density at radius 1 is 1.12 bits per heavy atom. The largest absolute Gasteiger partial charge is 0.455 e. The van der Waals surface area contributed by atoms with Crippen LogP contribution in [0.2, 0.25) is 5.02 Å². The van der Waals surface area contributed by atoms with E-state index >= 15 is 0 Å². The molecule has 6 heteroatoms. The fourth-order valence-electron chi connectivity index (χ4n) is 3.13. The summed E-state index contributed by atoms with van der Waals surface area (Å²) in [6.07, 6.45) is 3.56. The van der Waals surface area contributed by atoms with Crippen molar-refractivity contribution in [1.82, 2.24) is 14.4 Å². The molecule has 4 aromatic rings. The van der Waals surface area contributed by atoms with Crippen LogP contribution < -0.4 is 0 Å². The maximum atomic E-state index is 12.7. The zero-order valence-corrected chi connectivity index (χ0v) is 15.1. The molecule has 130 valence electrons. The van der Waals surface area contributed by atoms with Gasteiger partial charge in [-0.15, -0.1) is 0 Å². The van der Waals surface area contributed by atoms with Gasteiger partial charge < -0.3 is 9.14 Å². The molecule has 0 atom stereocenters. The minimum atomic E-state index is -0.395. The first kappa shape index (κ1) is 16.5. The predicted molar refractivity (Wildman–Crippen MR) is 101 cm³/mol. The molecule has 4 rings (SSSR count). The zero-order valence-electron chi connectivity index (χ0n) is 14.4. The van der Waals surface area contributed by atoms with Gasteiger partial charge in [0.2, 0.25) is 0 Å². The summed E-state index contributed by atoms with van der Waals surface area (Å²) in [5, 5.41) is 1.57. The van der Waals surface area contributed by atoms with Gasteiger partial charge >= 0.3 is 5.97 Å². The molecule has 0 radical (unpaired) electrons. The van der Waals surface area contributed by atoms with Gasteiger partial charge in [-0.05, 0) is 37.6 Å². The van der Waals surface area contributed by atoms with E-state index in [1.54, 1.807) is 22.9 Å². The van der Waals surface area contributed by atoms with Gasteiger partial charge in [-0.1, -0.05) is 29.8 Å². The second kappa shape index (κ2) is 6.42. The van der Waals surface area contributed by atoms with E-state index in [9.17, 15) is 4.79 Å². The van der Waals surface area contributed by atoms with Crippen molar-refractivity contribution in [2.75, 3.05) is 0 Å². The lowest BCUT2D eigenvalue weighted by atomic mass is 10.0. The summed E-state index contributed by atoms with van der Waals surface area (Å²) in [7, 11) is 0. The number of halogens is 1. The van der Waals surface area contributed by atoms with Crippen LogP contribution in [0.25, 0.3) is 16.6 Å². The van der Waals surface area contributed by atoms with Gasteiger partial charge in [0.1, 0.15) is 12.3 Å². The average molecular weight is 366 g/mol. The molecule has 0 saturated heterocycles. The second-order valence-electron chi connectivity index (χ2n) is 6.14. The zero-order chi connectivity index (χ0) is 18.3. The van der Waals surface area contributed by atoms with E-state index in [0.717, 1.165) is 22.1 Å². The number of nitrogens with zero attached hydrogens (tertiary/aromatic N) is 3. The summed E-state index contributed by atoms with van der Waals surface area (Å²) in [5.41, 5.74) is 4.32. The number of benzene rings is 1. The van der Waals surface area contributed by atoms with Crippen LogP contribution in [0.1, 0.15) is 27.3 Å². The number of hydrogen-bond acceptors (Lipinski definition) is 4. The maximum Gasteiger partial charge on any atom is 0.340 e. The van der Waals surface area contributed by atoms with E-state index in [1.807, 2.05) is 44.2 Å². The van der Waals surface area contributed by atoms with Gasteiger partial charge in [-0.3, -0.25) is 4.98 Å². The van der Waals surface area contributed by atoms with Crippen molar-refractivity contribution in [2.45, 2.75) is 20.5 Å². The number of aryl methyl sites for hydroxylation is 2. The fourth-order valence-corrected chi connectivity index (χ4v) is 3.30. The summed E-state index contributed by atoms with van der Waals surface area (Å²) >= 11 is 5.98. The third kappa shape index (κ3) is 2.91. The Kier molecular flexibility index (Phi) is 4.09. The fraction of sp³-hybridized carbons (Fsp3) is 0.150. The summed E-state index contributed by atoms with van der Waals surface area (Å²) in [6.45, 7) is 3.83. The number of rotatable bonds is 3. The van der Waals surface area contributed by atoms with E-state index in [4.69, 9.17) is 16.3 Å². The van der Waals surface area contributed by atoms with Crippen LogP contribution in [-0.4, -0.2) is 20.3 Å². The van der Waals surface area contributed by atoms with Crippen molar-refractivity contribution >= 4 is 34.1 Å². The number of carbonyl (C=O) groups is 1. The Bertz CT molecular complexity index is 1150. The third-order valence-corrected chi connectivity index (χ3v) is 4.58. The number of imidazole rings is 1. The van der Waals surface area contributed by atoms with Gasteiger partial charge in [0.15, 0.2) is 0 Å². The smallest absolute Gasteiger partial charge is 0.340 e. The summed E-state index contributed by atoms with van der Waals surface area (Å²) in [6, 6.07) is 11.3. The lowest BCUT2D eigenvalue weighted by Gasteiger charge is -2.11. The van der Waals surface area contributed by atoms with Crippen molar-refractivity contribution in [3.63, 3.8) is 0 Å². The quantitative estimate of drug-likeness (QED) is 0.501. The van der Waals surface area contributed by atoms with Crippen molar-refractivity contribution in [3.05, 3.63) is 76.3 Å². The molecule has 0 bridgehead atoms. The Balaban J connectivity index is 1.60. The van der Waals surface area contributed by atoms with E-state index in [1.165, 1.54) is 0 Å². The minimum Gasteiger partial charge on any atom is -0.455 e. The van der Waals surface area contributed by atoms with Gasteiger partial charge in [-0.25, -0.2) is 9.78 Å². The van der Waals surface area contributed by atoms with Gasteiger partial charge in [0.25, 0.3) is 0 Å². The number of para-hydroxylation sites is 1. The van der Waals surface area contributed by atoms with Crippen molar-refractivity contribution in [2.24, 2.45) is 0 Å². The molecule has 5 nitrogen and oxygen atoms in total. The first-order chi connectivity index (χ1) is 12.5. The molecule has 3 heterocycles. The normalized spacial score (nSPS) is 11.2. The van der Waals surface area contributed by atoms with E-state index in [0.29, 0.717) is 22.0 Å². The molecule has 0 spiro atoms. The number of ether oxygens (including phenoxy) is 1. The molecule has 0 aliphatic rings. The van der Waals surface area contributed by atoms with E-state index in [2.05, 4.69) is 9.97 Å². The van der Waals surface area contributed by atoms with Crippen LogP contribution in [0.5, 0.6) is 0 Å². The highest BCUT2D eigenvalue weighted by Gasteiger charge is 2.18. The van der Waals surface area contributed by atoms with Crippen molar-refractivity contribution in [3.8, 4) is 0 Å². The van der Waals surface area contributed by atoms with Crippen LogP contribution in [0.15, 0.2) is 48.8 Å². The molecular weight excluding hydrogens is 350 g/mol. The first-order valence-corrected chi connectivity index (χ1v) is 8.57. The van der Waals surface area contributed by atoms with Crippen LogP contribution in [0, 0.1) is 13.8 Å². The summed E-state index contributed by atoms with van der Waals surface area (Å²) in [4.78, 5) is 21.6. The van der Waals surface area contributed by atoms with Crippen molar-refractivity contribution in [1.29, 1.82) is 0 Å². The lowest BCUT2D eigenvalue weighted by molar-refractivity contribution is 0.0466. The predicted octanol–water partition coefficient (Wildman–Crippen LogP) is 4.51. The van der Waals surface area contributed by atoms with Crippen LogP contribution >= 0.6 is 11.6 Å². The van der Waals surface area contributed by atoms with Crippen molar-refractivity contribution < 1.29 is 9.53 Å². The maximum absolute atomic E-state index is 12.7. The Labute approximate surface area is 155 Å². The van der Waals surface area contributed by atoms with Crippen LogP contribution in [0.4, 0.5) is 0 Å². The Hall–Kier alpha value is -2.92.